The first-order valence-electron chi connectivity index (χ1n) is 7.38. The summed E-state index contributed by atoms with van der Waals surface area (Å²) in [6.07, 6.45) is 5.51. The maximum Gasteiger partial charge on any atom is 0.102 e. The first kappa shape index (κ1) is 22.7. The first-order valence-corrected chi connectivity index (χ1v) is 7.91. The summed E-state index contributed by atoms with van der Waals surface area (Å²) in [5.74, 6) is 0.347. The molecule has 0 aromatic heterocycles. The van der Waals surface area contributed by atoms with Gasteiger partial charge in [0.2, 0.25) is 0 Å². The standard InChI is InChI=1S/C7H16NO.C5H11N.C2H5ClO.ClH/c1-8(6-7-9)4-2-3-5-8;1-6-4-2-3-5-6;3-1-2-4;/h9H,2-7H2,1H3;2-5H2,1H3;4H,1-2H2;1H/q+1;;;/p-1. The number of aliphatic hydroxyl groups is 2. The molecule has 2 rings (SSSR count). The van der Waals surface area contributed by atoms with Gasteiger partial charge in [0.25, 0.3) is 0 Å². The Bertz CT molecular complexity index is 196. The van der Waals surface area contributed by atoms with Crippen molar-refractivity contribution in [2.24, 2.45) is 0 Å². The Morgan fingerprint density at radius 3 is 1.70 bits per heavy atom. The van der Waals surface area contributed by atoms with Gasteiger partial charge in [0, 0.05) is 18.7 Å². The maximum absolute atomic E-state index is 8.68. The topological polar surface area (TPSA) is 43.7 Å². The summed E-state index contributed by atoms with van der Waals surface area (Å²) in [4.78, 5) is 2.36. The number of quaternary nitrogens is 1. The van der Waals surface area contributed by atoms with Crippen LogP contribution in [0.1, 0.15) is 25.7 Å². The van der Waals surface area contributed by atoms with Gasteiger partial charge in [0.1, 0.15) is 6.54 Å². The summed E-state index contributed by atoms with van der Waals surface area (Å²) < 4.78 is 1.09. The number of hydrogen-bond donors (Lipinski definition) is 2. The van der Waals surface area contributed by atoms with Gasteiger partial charge < -0.3 is 32.0 Å². The van der Waals surface area contributed by atoms with E-state index in [0.717, 1.165) is 11.0 Å². The average molecular weight is 331 g/mol. The number of hydrogen-bond acceptors (Lipinski definition) is 3. The van der Waals surface area contributed by atoms with Crippen LogP contribution in [0.2, 0.25) is 0 Å². The number of likely N-dealkylation sites (tertiary alicyclic amines) is 2. The Hall–Kier alpha value is 0.420. The van der Waals surface area contributed by atoms with Crippen molar-refractivity contribution in [2.75, 3.05) is 65.9 Å². The van der Waals surface area contributed by atoms with Crippen molar-refractivity contribution in [3.05, 3.63) is 0 Å². The zero-order valence-electron chi connectivity index (χ0n) is 13.0. The largest absolute Gasteiger partial charge is 1.00 e. The van der Waals surface area contributed by atoms with Crippen LogP contribution in [0.4, 0.5) is 0 Å². The number of likely N-dealkylation sites (N-methyl/N-ethyl adjacent to an activating group) is 1. The Kier molecular flexibility index (Phi) is 16.3. The van der Waals surface area contributed by atoms with Crippen molar-refractivity contribution in [1.29, 1.82) is 0 Å². The summed E-state index contributed by atoms with van der Waals surface area (Å²) in [6.45, 7) is 6.54. The highest BCUT2D eigenvalue weighted by molar-refractivity contribution is 6.17. The molecule has 2 fully saturated rings. The number of alkyl halides is 1. The molecule has 124 valence electrons. The second-order valence-corrected chi connectivity index (χ2v) is 6.02. The van der Waals surface area contributed by atoms with Crippen LogP contribution in [-0.4, -0.2) is 85.5 Å². The molecule has 0 bridgehead atoms. The molecule has 2 heterocycles. The highest BCUT2D eigenvalue weighted by Gasteiger charge is 2.25. The minimum absolute atomic E-state index is 0. The van der Waals surface area contributed by atoms with Crippen LogP contribution in [0.15, 0.2) is 0 Å². The lowest BCUT2D eigenvalue weighted by molar-refractivity contribution is -0.897. The van der Waals surface area contributed by atoms with Gasteiger partial charge in [0.15, 0.2) is 0 Å². The van der Waals surface area contributed by atoms with E-state index in [1.165, 1.54) is 51.9 Å². The Balaban J connectivity index is 0. The number of aliphatic hydroxyl groups excluding tert-OH is 2. The van der Waals surface area contributed by atoms with Gasteiger partial charge in [-0.3, -0.25) is 0 Å². The molecular formula is C14H32Cl2N2O2. The molecule has 2 N–H and O–H groups in total. The molecule has 6 heteroatoms. The third kappa shape index (κ3) is 12.2. The highest BCUT2D eigenvalue weighted by atomic mass is 35.5. The van der Waals surface area contributed by atoms with Crippen LogP contribution in [0.25, 0.3) is 0 Å². The monoisotopic (exact) mass is 330 g/mol. The minimum Gasteiger partial charge on any atom is -1.00 e. The second kappa shape index (κ2) is 14.4. The van der Waals surface area contributed by atoms with Crippen molar-refractivity contribution in [2.45, 2.75) is 25.7 Å². The molecule has 0 aromatic carbocycles. The van der Waals surface area contributed by atoms with Crippen LogP contribution < -0.4 is 12.4 Å². The lowest BCUT2D eigenvalue weighted by Crippen LogP contribution is -3.00. The van der Waals surface area contributed by atoms with E-state index >= 15 is 0 Å². The Morgan fingerprint density at radius 1 is 1.00 bits per heavy atom. The predicted octanol–water partition coefficient (Wildman–Crippen LogP) is -1.85. The molecule has 4 nitrogen and oxygen atoms in total. The van der Waals surface area contributed by atoms with Crippen LogP contribution in [0.5, 0.6) is 0 Å². The molecule has 0 amide bonds. The van der Waals surface area contributed by atoms with Crippen molar-refractivity contribution < 1.29 is 27.1 Å². The maximum atomic E-state index is 8.68. The van der Waals surface area contributed by atoms with Gasteiger partial charge in [-0.1, -0.05) is 0 Å². The van der Waals surface area contributed by atoms with E-state index in [4.69, 9.17) is 21.8 Å². The molecule has 2 aliphatic heterocycles. The van der Waals surface area contributed by atoms with Gasteiger partial charge in [-0.25, -0.2) is 0 Å². The quantitative estimate of drug-likeness (QED) is 0.472. The molecule has 2 saturated heterocycles. The highest BCUT2D eigenvalue weighted by Crippen LogP contribution is 2.14. The van der Waals surface area contributed by atoms with Crippen molar-refractivity contribution in [3.8, 4) is 0 Å². The fourth-order valence-electron chi connectivity index (χ4n) is 2.44. The van der Waals surface area contributed by atoms with E-state index in [0.29, 0.717) is 12.5 Å². The van der Waals surface area contributed by atoms with Gasteiger partial charge >= 0.3 is 0 Å². The summed E-state index contributed by atoms with van der Waals surface area (Å²) in [5.41, 5.74) is 0. The molecule has 0 radical (unpaired) electrons. The van der Waals surface area contributed by atoms with Gasteiger partial charge in [-0.15, -0.1) is 11.6 Å². The van der Waals surface area contributed by atoms with E-state index in [1.807, 2.05) is 0 Å². The lowest BCUT2D eigenvalue weighted by Gasteiger charge is -2.27. The first-order chi connectivity index (χ1) is 9.08. The summed E-state index contributed by atoms with van der Waals surface area (Å²) >= 11 is 4.94. The van der Waals surface area contributed by atoms with E-state index in [-0.39, 0.29) is 19.0 Å². The van der Waals surface area contributed by atoms with E-state index in [9.17, 15) is 0 Å². The van der Waals surface area contributed by atoms with E-state index in [2.05, 4.69) is 19.0 Å². The zero-order chi connectivity index (χ0) is 14.6. The van der Waals surface area contributed by atoms with Crippen molar-refractivity contribution >= 4 is 11.6 Å². The summed E-state index contributed by atoms with van der Waals surface area (Å²) in [7, 11) is 4.40. The van der Waals surface area contributed by atoms with Crippen LogP contribution in [-0.2, 0) is 0 Å². The second-order valence-electron chi connectivity index (χ2n) is 5.64. The number of halogens is 2. The van der Waals surface area contributed by atoms with E-state index in [1.54, 1.807) is 0 Å². The zero-order valence-corrected chi connectivity index (χ0v) is 14.5. The lowest BCUT2D eigenvalue weighted by atomic mass is 10.4. The van der Waals surface area contributed by atoms with Gasteiger partial charge in [-0.2, -0.15) is 0 Å². The molecule has 20 heavy (non-hydrogen) atoms. The number of rotatable bonds is 3. The van der Waals surface area contributed by atoms with Crippen molar-refractivity contribution in [1.82, 2.24) is 4.90 Å². The van der Waals surface area contributed by atoms with Crippen LogP contribution in [0.3, 0.4) is 0 Å². The minimum atomic E-state index is 0. The smallest absolute Gasteiger partial charge is 0.102 e. The molecule has 2 aliphatic rings. The van der Waals surface area contributed by atoms with E-state index < -0.39 is 0 Å². The molecule has 0 unspecified atom stereocenters. The van der Waals surface area contributed by atoms with Gasteiger partial charge in [0.05, 0.1) is 33.4 Å². The molecule has 0 spiro atoms. The molecular weight excluding hydrogens is 299 g/mol. The third-order valence-electron chi connectivity index (χ3n) is 3.70. The molecule has 0 aliphatic carbocycles. The summed E-state index contributed by atoms with van der Waals surface area (Å²) in [5, 5.41) is 16.4. The SMILES string of the molecule is CN1CCCC1.C[N+]1(CCO)CCCC1.OCCCl.[Cl-]. The van der Waals surface area contributed by atoms with Crippen LogP contribution >= 0.6 is 11.6 Å². The fourth-order valence-corrected chi connectivity index (χ4v) is 2.44. The molecule has 0 saturated carbocycles. The van der Waals surface area contributed by atoms with Crippen molar-refractivity contribution in [3.63, 3.8) is 0 Å². The normalized spacial score (nSPS) is 20.2. The predicted molar refractivity (Wildman–Crippen MR) is 81.6 cm³/mol. The Morgan fingerprint density at radius 2 is 1.45 bits per heavy atom. The van der Waals surface area contributed by atoms with Crippen LogP contribution in [0, 0.1) is 0 Å². The Labute approximate surface area is 135 Å². The molecule has 0 aromatic rings. The molecule has 0 atom stereocenters. The number of nitrogens with zero attached hydrogens (tertiary/aromatic N) is 2. The average Bonchev–Trinajstić information content (AvgIpc) is 3.03. The summed E-state index contributed by atoms with van der Waals surface area (Å²) in [6, 6.07) is 0. The van der Waals surface area contributed by atoms with Gasteiger partial charge in [-0.05, 0) is 33.0 Å². The third-order valence-corrected chi connectivity index (χ3v) is 3.87. The fraction of sp³-hybridized carbons (Fsp3) is 1.00.